The van der Waals surface area contributed by atoms with Gasteiger partial charge in [0.1, 0.15) is 11.5 Å². The van der Waals surface area contributed by atoms with E-state index in [0.717, 1.165) is 5.56 Å². The molecular formula is C13H10N2O2. The number of hydrogen-bond donors (Lipinski definition) is 0. The van der Waals surface area contributed by atoms with Crippen molar-refractivity contribution in [1.82, 2.24) is 4.98 Å². The second kappa shape index (κ2) is 5.05. The van der Waals surface area contributed by atoms with Crippen molar-refractivity contribution < 1.29 is 9.53 Å². The summed E-state index contributed by atoms with van der Waals surface area (Å²) in [7, 11) is 0. The first kappa shape index (κ1) is 11.0. The average Bonchev–Trinajstić information content (AvgIpc) is 2.34. The number of nitrogens with zero attached hydrogens (tertiary/aromatic N) is 2. The Balaban J connectivity index is 2.25. The van der Waals surface area contributed by atoms with E-state index in [2.05, 4.69) is 9.98 Å². The fourth-order valence-corrected chi connectivity index (χ4v) is 1.40. The molecule has 0 atom stereocenters. The second-order valence-corrected chi connectivity index (χ2v) is 3.44. The molecule has 2 rings (SSSR count). The summed E-state index contributed by atoms with van der Waals surface area (Å²) in [4.78, 5) is 17.6. The zero-order valence-corrected chi connectivity index (χ0v) is 9.25. The molecule has 0 fully saturated rings. The molecule has 84 valence electrons. The number of aryl methyl sites for hydroxylation is 1. The van der Waals surface area contributed by atoms with Crippen LogP contribution >= 0.6 is 0 Å². The Kier molecular flexibility index (Phi) is 3.28. The highest BCUT2D eigenvalue weighted by Crippen LogP contribution is 2.27. The van der Waals surface area contributed by atoms with Crippen molar-refractivity contribution in [3.63, 3.8) is 0 Å². The monoisotopic (exact) mass is 226 g/mol. The van der Waals surface area contributed by atoms with E-state index >= 15 is 0 Å². The molecule has 0 radical (unpaired) electrons. The van der Waals surface area contributed by atoms with Crippen LogP contribution in [0.3, 0.4) is 0 Å². The lowest BCUT2D eigenvalue weighted by atomic mass is 10.2. The number of aliphatic imine (C=N–C) groups is 1. The number of pyridine rings is 1. The van der Waals surface area contributed by atoms with Crippen molar-refractivity contribution in [2.75, 3.05) is 0 Å². The van der Waals surface area contributed by atoms with Gasteiger partial charge in [-0.2, -0.15) is 4.99 Å². The molecule has 4 heteroatoms. The molecule has 0 unspecified atom stereocenters. The van der Waals surface area contributed by atoms with Crippen LogP contribution in [-0.4, -0.2) is 11.1 Å². The topological polar surface area (TPSA) is 51.5 Å². The molecule has 0 spiro atoms. The van der Waals surface area contributed by atoms with Gasteiger partial charge in [-0.15, -0.1) is 0 Å². The Bertz CT molecular complexity index is 561. The van der Waals surface area contributed by atoms with Gasteiger partial charge in [0.2, 0.25) is 6.08 Å². The lowest BCUT2D eigenvalue weighted by Crippen LogP contribution is -1.87. The molecule has 0 aliphatic rings. The molecule has 0 bridgehead atoms. The standard InChI is InChI=1S/C13H10N2O2/c1-10-7-11(15-9-16)4-5-13(10)17-12-3-2-6-14-8-12/h2-8H,1H3. The molecule has 17 heavy (non-hydrogen) atoms. The van der Waals surface area contributed by atoms with Gasteiger partial charge in [0.05, 0.1) is 11.9 Å². The Labute approximate surface area is 98.6 Å². The van der Waals surface area contributed by atoms with Gasteiger partial charge >= 0.3 is 0 Å². The van der Waals surface area contributed by atoms with Gasteiger partial charge in [-0.3, -0.25) is 4.98 Å². The molecule has 0 saturated heterocycles. The van der Waals surface area contributed by atoms with Crippen LogP contribution in [0.4, 0.5) is 5.69 Å². The van der Waals surface area contributed by atoms with Crippen molar-refractivity contribution >= 4 is 11.8 Å². The summed E-state index contributed by atoms with van der Waals surface area (Å²) in [6.07, 6.45) is 4.82. The maximum atomic E-state index is 10.1. The summed E-state index contributed by atoms with van der Waals surface area (Å²) < 4.78 is 5.64. The van der Waals surface area contributed by atoms with Gasteiger partial charge in [-0.1, -0.05) is 0 Å². The third kappa shape index (κ3) is 2.77. The lowest BCUT2D eigenvalue weighted by molar-refractivity contribution is 0.476. The van der Waals surface area contributed by atoms with Crippen LogP contribution in [0.1, 0.15) is 5.56 Å². The molecule has 1 aromatic heterocycles. The van der Waals surface area contributed by atoms with Gasteiger partial charge in [0.15, 0.2) is 0 Å². The Morgan fingerprint density at radius 3 is 2.88 bits per heavy atom. The Morgan fingerprint density at radius 2 is 2.24 bits per heavy atom. The first-order valence-corrected chi connectivity index (χ1v) is 5.06. The molecule has 0 aliphatic heterocycles. The first-order chi connectivity index (χ1) is 8.29. The van der Waals surface area contributed by atoms with Crippen LogP contribution in [0.5, 0.6) is 11.5 Å². The minimum absolute atomic E-state index is 0.566. The molecule has 0 amide bonds. The number of carbonyl (C=O) groups excluding carboxylic acids is 1. The first-order valence-electron chi connectivity index (χ1n) is 5.06. The SMILES string of the molecule is Cc1cc(N=C=O)ccc1Oc1cccnc1. The Morgan fingerprint density at radius 1 is 1.35 bits per heavy atom. The van der Waals surface area contributed by atoms with Crippen LogP contribution in [-0.2, 0) is 4.79 Å². The summed E-state index contributed by atoms with van der Waals surface area (Å²) in [5, 5.41) is 0. The lowest BCUT2D eigenvalue weighted by Gasteiger charge is -2.08. The summed E-state index contributed by atoms with van der Waals surface area (Å²) in [5.74, 6) is 1.38. The summed E-state index contributed by atoms with van der Waals surface area (Å²) in [6, 6.07) is 8.85. The molecule has 1 heterocycles. The molecule has 0 aliphatic carbocycles. The summed E-state index contributed by atoms with van der Waals surface area (Å²) in [6.45, 7) is 1.88. The largest absolute Gasteiger partial charge is 0.455 e. The van der Waals surface area contributed by atoms with Crippen molar-refractivity contribution in [3.8, 4) is 11.5 Å². The van der Waals surface area contributed by atoms with Crippen LogP contribution in [0.2, 0.25) is 0 Å². The van der Waals surface area contributed by atoms with Crippen molar-refractivity contribution in [3.05, 3.63) is 48.3 Å². The highest BCUT2D eigenvalue weighted by molar-refractivity contribution is 5.53. The normalized spacial score (nSPS) is 9.47. The van der Waals surface area contributed by atoms with E-state index in [1.54, 1.807) is 36.7 Å². The maximum absolute atomic E-state index is 10.1. The van der Waals surface area contributed by atoms with E-state index in [-0.39, 0.29) is 0 Å². The average molecular weight is 226 g/mol. The smallest absolute Gasteiger partial charge is 0.240 e. The number of aromatic nitrogens is 1. The molecular weight excluding hydrogens is 216 g/mol. The number of isocyanates is 1. The van der Waals surface area contributed by atoms with E-state index in [0.29, 0.717) is 17.2 Å². The predicted octanol–water partition coefficient (Wildman–Crippen LogP) is 3.15. The van der Waals surface area contributed by atoms with E-state index in [4.69, 9.17) is 4.74 Å². The van der Waals surface area contributed by atoms with Crippen LogP contribution < -0.4 is 4.74 Å². The zero-order chi connectivity index (χ0) is 12.1. The second-order valence-electron chi connectivity index (χ2n) is 3.44. The van der Waals surface area contributed by atoms with E-state index in [1.165, 1.54) is 6.08 Å². The highest BCUT2D eigenvalue weighted by atomic mass is 16.5. The van der Waals surface area contributed by atoms with Crippen LogP contribution in [0.25, 0.3) is 0 Å². The highest BCUT2D eigenvalue weighted by Gasteiger charge is 2.02. The van der Waals surface area contributed by atoms with Gasteiger partial charge < -0.3 is 4.74 Å². The molecule has 4 nitrogen and oxygen atoms in total. The minimum Gasteiger partial charge on any atom is -0.455 e. The van der Waals surface area contributed by atoms with Gasteiger partial charge in [-0.05, 0) is 42.8 Å². The summed E-state index contributed by atoms with van der Waals surface area (Å²) in [5.41, 5.74) is 1.46. The van der Waals surface area contributed by atoms with E-state index in [1.807, 2.05) is 13.0 Å². The molecule has 1 aromatic carbocycles. The van der Waals surface area contributed by atoms with E-state index in [9.17, 15) is 4.79 Å². The predicted molar refractivity (Wildman–Crippen MR) is 63.3 cm³/mol. The third-order valence-electron chi connectivity index (χ3n) is 2.20. The number of hydrogen-bond acceptors (Lipinski definition) is 4. The van der Waals surface area contributed by atoms with Crippen molar-refractivity contribution in [2.24, 2.45) is 4.99 Å². The number of benzene rings is 1. The number of ether oxygens (including phenoxy) is 1. The fraction of sp³-hybridized carbons (Fsp3) is 0.0769. The van der Waals surface area contributed by atoms with Crippen molar-refractivity contribution in [2.45, 2.75) is 6.92 Å². The Hall–Kier alpha value is -2.45. The minimum atomic E-state index is 0.566. The van der Waals surface area contributed by atoms with E-state index < -0.39 is 0 Å². The molecule has 0 N–H and O–H groups in total. The number of rotatable bonds is 3. The zero-order valence-electron chi connectivity index (χ0n) is 9.25. The van der Waals surface area contributed by atoms with Gasteiger partial charge in [0.25, 0.3) is 0 Å². The maximum Gasteiger partial charge on any atom is 0.240 e. The fourth-order valence-electron chi connectivity index (χ4n) is 1.40. The quantitative estimate of drug-likeness (QED) is 0.596. The molecule has 0 saturated carbocycles. The van der Waals surface area contributed by atoms with Gasteiger partial charge in [-0.25, -0.2) is 4.79 Å². The van der Waals surface area contributed by atoms with Crippen LogP contribution in [0, 0.1) is 6.92 Å². The van der Waals surface area contributed by atoms with Gasteiger partial charge in [0, 0.05) is 6.20 Å². The van der Waals surface area contributed by atoms with Crippen molar-refractivity contribution in [1.29, 1.82) is 0 Å². The summed E-state index contributed by atoms with van der Waals surface area (Å²) >= 11 is 0. The third-order valence-corrected chi connectivity index (χ3v) is 2.20. The van der Waals surface area contributed by atoms with Crippen LogP contribution in [0.15, 0.2) is 47.7 Å². The molecule has 2 aromatic rings.